The Morgan fingerprint density at radius 2 is 2.13 bits per heavy atom. The number of nitrogens with zero attached hydrogens (tertiary/aromatic N) is 3. The van der Waals surface area contributed by atoms with Crippen LogP contribution in [0.25, 0.3) is 0 Å². The van der Waals surface area contributed by atoms with Crippen LogP contribution < -0.4 is 0 Å². The van der Waals surface area contributed by atoms with Crippen molar-refractivity contribution >= 4 is 12.2 Å². The number of aromatic amines is 1. The lowest BCUT2D eigenvalue weighted by Gasteiger charge is -2.04. The second kappa shape index (κ2) is 4.33. The standard InChI is InChI=1S/C9H10N4OS/c14-6-8-11-12-9(15)13(8)5-7-1-3-10-4-2-7/h1-4,14H,5-6H2,(H,12,15). The summed E-state index contributed by atoms with van der Waals surface area (Å²) < 4.78 is 2.26. The molecule has 0 aromatic carbocycles. The van der Waals surface area contributed by atoms with E-state index in [1.165, 1.54) is 0 Å². The van der Waals surface area contributed by atoms with E-state index in [0.29, 0.717) is 17.1 Å². The van der Waals surface area contributed by atoms with Gasteiger partial charge in [-0.25, -0.2) is 0 Å². The molecule has 0 spiro atoms. The van der Waals surface area contributed by atoms with Crippen molar-refractivity contribution in [1.29, 1.82) is 0 Å². The first-order chi connectivity index (χ1) is 7.31. The molecule has 0 saturated carbocycles. The molecule has 6 heteroatoms. The van der Waals surface area contributed by atoms with Crippen molar-refractivity contribution < 1.29 is 5.11 Å². The summed E-state index contributed by atoms with van der Waals surface area (Å²) in [6, 6.07) is 3.80. The molecule has 15 heavy (non-hydrogen) atoms. The maximum atomic E-state index is 9.05. The van der Waals surface area contributed by atoms with E-state index < -0.39 is 0 Å². The Kier molecular flexibility index (Phi) is 2.89. The number of aromatic nitrogens is 4. The van der Waals surface area contributed by atoms with Gasteiger partial charge in [-0.3, -0.25) is 14.6 Å². The molecule has 0 bridgehead atoms. The van der Waals surface area contributed by atoms with Crippen LogP contribution in [0.4, 0.5) is 0 Å². The molecular weight excluding hydrogens is 212 g/mol. The van der Waals surface area contributed by atoms with E-state index in [4.69, 9.17) is 17.3 Å². The predicted octanol–water partition coefficient (Wildman–Crippen LogP) is 0.876. The summed E-state index contributed by atoms with van der Waals surface area (Å²) in [5.41, 5.74) is 1.07. The van der Waals surface area contributed by atoms with Gasteiger partial charge in [0.25, 0.3) is 0 Å². The van der Waals surface area contributed by atoms with Gasteiger partial charge in [0, 0.05) is 12.4 Å². The van der Waals surface area contributed by atoms with Crippen LogP contribution in [-0.2, 0) is 13.2 Å². The largest absolute Gasteiger partial charge is 0.388 e. The van der Waals surface area contributed by atoms with Crippen molar-refractivity contribution in [3.8, 4) is 0 Å². The smallest absolute Gasteiger partial charge is 0.195 e. The van der Waals surface area contributed by atoms with Gasteiger partial charge in [0.05, 0.1) is 6.54 Å². The van der Waals surface area contributed by atoms with Crippen LogP contribution in [0.2, 0.25) is 0 Å². The Morgan fingerprint density at radius 1 is 1.40 bits per heavy atom. The number of aliphatic hydroxyl groups excluding tert-OH is 1. The molecule has 5 nitrogen and oxygen atoms in total. The molecule has 0 aliphatic rings. The second-order valence-electron chi connectivity index (χ2n) is 3.04. The highest BCUT2D eigenvalue weighted by Crippen LogP contribution is 2.04. The molecule has 0 fully saturated rings. The average Bonchev–Trinajstić information content (AvgIpc) is 2.62. The number of pyridine rings is 1. The fraction of sp³-hybridized carbons (Fsp3) is 0.222. The summed E-state index contributed by atoms with van der Waals surface area (Å²) in [4.78, 5) is 3.93. The first-order valence-electron chi connectivity index (χ1n) is 4.45. The molecule has 0 radical (unpaired) electrons. The van der Waals surface area contributed by atoms with E-state index in [0.717, 1.165) is 5.56 Å². The third kappa shape index (κ3) is 2.11. The van der Waals surface area contributed by atoms with Gasteiger partial charge in [0.1, 0.15) is 6.61 Å². The molecule has 0 atom stereocenters. The van der Waals surface area contributed by atoms with Crippen LogP contribution in [0.15, 0.2) is 24.5 Å². The van der Waals surface area contributed by atoms with Crippen molar-refractivity contribution in [2.45, 2.75) is 13.2 Å². The van der Waals surface area contributed by atoms with Gasteiger partial charge in [-0.05, 0) is 29.9 Å². The first kappa shape index (κ1) is 10.0. The quantitative estimate of drug-likeness (QED) is 0.756. The molecular formula is C9H10N4OS. The van der Waals surface area contributed by atoms with E-state index in [-0.39, 0.29) is 6.61 Å². The number of rotatable bonds is 3. The average molecular weight is 222 g/mol. The van der Waals surface area contributed by atoms with Gasteiger partial charge in [-0.15, -0.1) is 0 Å². The van der Waals surface area contributed by atoms with Crippen molar-refractivity contribution in [1.82, 2.24) is 19.7 Å². The van der Waals surface area contributed by atoms with Crippen molar-refractivity contribution in [3.05, 3.63) is 40.7 Å². The number of hydrogen-bond acceptors (Lipinski definition) is 4. The molecule has 2 heterocycles. The fourth-order valence-corrected chi connectivity index (χ4v) is 1.52. The summed E-state index contributed by atoms with van der Waals surface area (Å²) in [6.45, 7) is 0.464. The van der Waals surface area contributed by atoms with E-state index in [1.54, 1.807) is 17.0 Å². The van der Waals surface area contributed by atoms with E-state index in [2.05, 4.69) is 15.2 Å². The summed E-state index contributed by atoms with van der Waals surface area (Å²) in [7, 11) is 0. The van der Waals surface area contributed by atoms with E-state index >= 15 is 0 Å². The van der Waals surface area contributed by atoms with Gasteiger partial charge < -0.3 is 5.11 Å². The minimum absolute atomic E-state index is 0.127. The highest BCUT2D eigenvalue weighted by atomic mass is 32.1. The van der Waals surface area contributed by atoms with Gasteiger partial charge in [0.15, 0.2) is 10.6 Å². The normalized spacial score (nSPS) is 10.5. The lowest BCUT2D eigenvalue weighted by molar-refractivity contribution is 0.265. The minimum atomic E-state index is -0.127. The van der Waals surface area contributed by atoms with Crippen LogP contribution in [-0.4, -0.2) is 24.9 Å². The molecule has 78 valence electrons. The molecule has 2 N–H and O–H groups in total. The Hall–Kier alpha value is -1.53. The summed E-state index contributed by atoms with van der Waals surface area (Å²) in [5, 5.41) is 15.6. The van der Waals surface area contributed by atoms with Crippen molar-refractivity contribution in [2.75, 3.05) is 0 Å². The first-order valence-corrected chi connectivity index (χ1v) is 4.86. The third-order valence-corrected chi connectivity index (χ3v) is 2.38. The molecule has 0 aliphatic heterocycles. The molecule has 0 aliphatic carbocycles. The molecule has 2 aromatic heterocycles. The SMILES string of the molecule is OCc1n[nH]c(=S)n1Cc1ccncc1. The predicted molar refractivity (Wildman–Crippen MR) is 56.7 cm³/mol. The third-order valence-electron chi connectivity index (χ3n) is 2.07. The van der Waals surface area contributed by atoms with Gasteiger partial charge in [0.2, 0.25) is 0 Å². The van der Waals surface area contributed by atoms with Crippen LogP contribution in [0.5, 0.6) is 0 Å². The Morgan fingerprint density at radius 3 is 2.80 bits per heavy atom. The number of aliphatic hydroxyl groups is 1. The van der Waals surface area contributed by atoms with Crippen LogP contribution >= 0.6 is 12.2 Å². The zero-order valence-corrected chi connectivity index (χ0v) is 8.74. The lowest BCUT2D eigenvalue weighted by Crippen LogP contribution is -2.05. The second-order valence-corrected chi connectivity index (χ2v) is 3.43. The molecule has 0 saturated heterocycles. The minimum Gasteiger partial charge on any atom is -0.388 e. The van der Waals surface area contributed by atoms with Crippen molar-refractivity contribution in [2.24, 2.45) is 0 Å². The maximum Gasteiger partial charge on any atom is 0.195 e. The number of nitrogens with one attached hydrogen (secondary N) is 1. The highest BCUT2D eigenvalue weighted by molar-refractivity contribution is 7.71. The Labute approximate surface area is 91.4 Å². The van der Waals surface area contributed by atoms with Crippen LogP contribution in [0.3, 0.4) is 0 Å². The van der Waals surface area contributed by atoms with E-state index in [1.807, 2.05) is 12.1 Å². The van der Waals surface area contributed by atoms with E-state index in [9.17, 15) is 0 Å². The molecule has 0 amide bonds. The fourth-order valence-electron chi connectivity index (χ4n) is 1.30. The lowest BCUT2D eigenvalue weighted by atomic mass is 10.3. The van der Waals surface area contributed by atoms with Crippen LogP contribution in [0, 0.1) is 4.77 Å². The van der Waals surface area contributed by atoms with Gasteiger partial charge in [-0.1, -0.05) is 0 Å². The Balaban J connectivity index is 2.32. The summed E-state index contributed by atoms with van der Waals surface area (Å²) in [5.74, 6) is 0.539. The zero-order valence-electron chi connectivity index (χ0n) is 7.92. The highest BCUT2D eigenvalue weighted by Gasteiger charge is 2.04. The topological polar surface area (TPSA) is 66.7 Å². The molecule has 2 rings (SSSR count). The summed E-state index contributed by atoms with van der Waals surface area (Å²) in [6.07, 6.45) is 3.44. The van der Waals surface area contributed by atoms with Crippen molar-refractivity contribution in [3.63, 3.8) is 0 Å². The zero-order chi connectivity index (χ0) is 10.7. The Bertz CT molecular complexity index is 490. The number of H-pyrrole nitrogens is 1. The molecule has 2 aromatic rings. The molecule has 0 unspecified atom stereocenters. The monoisotopic (exact) mass is 222 g/mol. The summed E-state index contributed by atoms with van der Waals surface area (Å²) >= 11 is 5.06. The van der Waals surface area contributed by atoms with Crippen LogP contribution in [0.1, 0.15) is 11.4 Å². The number of hydrogen-bond donors (Lipinski definition) is 2. The van der Waals surface area contributed by atoms with Gasteiger partial charge >= 0.3 is 0 Å². The maximum absolute atomic E-state index is 9.05. The van der Waals surface area contributed by atoms with Gasteiger partial charge in [-0.2, -0.15) is 5.10 Å².